The van der Waals surface area contributed by atoms with E-state index in [4.69, 9.17) is 9.47 Å². The van der Waals surface area contributed by atoms with E-state index in [2.05, 4.69) is 26.6 Å². The van der Waals surface area contributed by atoms with Crippen LogP contribution in [-0.4, -0.2) is 44.9 Å². The number of urea groups is 1. The largest absolute Gasteiger partial charge is 0.497 e. The fourth-order valence-corrected chi connectivity index (χ4v) is 3.39. The Kier molecular flexibility index (Phi) is 6.74. The van der Waals surface area contributed by atoms with Crippen molar-refractivity contribution in [2.24, 2.45) is 5.92 Å². The second-order valence-corrected chi connectivity index (χ2v) is 6.82. The second-order valence-electron chi connectivity index (χ2n) is 6.82. The van der Waals surface area contributed by atoms with Crippen molar-refractivity contribution >= 4 is 17.5 Å². The zero-order valence-electron chi connectivity index (χ0n) is 16.6. The molecule has 1 aromatic heterocycles. The summed E-state index contributed by atoms with van der Waals surface area (Å²) in [6.07, 6.45) is 3.56. The standard InChI is InChI=1S/C21H25N5O3/c1-28-17-5-6-18(19(12-17)29-2)25-21(27)24-14-15-7-10-26(11-8-15)20-16(13-22)4-3-9-23-20/h3-6,9,12,15H,7-8,10-11,14H2,1-2H3,(H2,24,25,27). The van der Waals surface area contributed by atoms with Crippen molar-refractivity contribution in [1.82, 2.24) is 10.3 Å². The Morgan fingerprint density at radius 1 is 1.28 bits per heavy atom. The van der Waals surface area contributed by atoms with Crippen LogP contribution < -0.4 is 25.0 Å². The van der Waals surface area contributed by atoms with E-state index in [-0.39, 0.29) is 6.03 Å². The number of ether oxygens (including phenoxy) is 2. The predicted molar refractivity (Wildman–Crippen MR) is 110 cm³/mol. The Bertz CT molecular complexity index is 888. The molecule has 1 aromatic carbocycles. The molecule has 2 heterocycles. The smallest absolute Gasteiger partial charge is 0.319 e. The number of methoxy groups -OCH3 is 2. The summed E-state index contributed by atoms with van der Waals surface area (Å²) in [4.78, 5) is 18.8. The number of anilines is 2. The molecule has 2 amide bonds. The second kappa shape index (κ2) is 9.64. The van der Waals surface area contributed by atoms with Crippen LogP contribution in [0.2, 0.25) is 0 Å². The number of nitrogens with one attached hydrogen (secondary N) is 2. The van der Waals surface area contributed by atoms with Crippen molar-refractivity contribution in [3.63, 3.8) is 0 Å². The fourth-order valence-electron chi connectivity index (χ4n) is 3.39. The van der Waals surface area contributed by atoms with Crippen LogP contribution in [-0.2, 0) is 0 Å². The highest BCUT2D eigenvalue weighted by Gasteiger charge is 2.22. The van der Waals surface area contributed by atoms with Crippen molar-refractivity contribution in [2.45, 2.75) is 12.8 Å². The highest BCUT2D eigenvalue weighted by Crippen LogP contribution is 2.29. The van der Waals surface area contributed by atoms with Crippen molar-refractivity contribution in [1.29, 1.82) is 5.26 Å². The Balaban J connectivity index is 1.48. The third kappa shape index (κ3) is 5.08. The lowest BCUT2D eigenvalue weighted by molar-refractivity contribution is 0.248. The lowest BCUT2D eigenvalue weighted by Gasteiger charge is -2.33. The van der Waals surface area contributed by atoms with Gasteiger partial charge in [0, 0.05) is 31.9 Å². The van der Waals surface area contributed by atoms with Crippen molar-refractivity contribution in [2.75, 3.05) is 44.1 Å². The van der Waals surface area contributed by atoms with Crippen LogP contribution in [0.25, 0.3) is 0 Å². The maximum absolute atomic E-state index is 12.3. The van der Waals surface area contributed by atoms with Gasteiger partial charge in [-0.2, -0.15) is 5.26 Å². The van der Waals surface area contributed by atoms with E-state index in [1.54, 1.807) is 50.7 Å². The number of pyridine rings is 1. The van der Waals surface area contributed by atoms with E-state index in [9.17, 15) is 10.1 Å². The molecular formula is C21H25N5O3. The first kappa shape index (κ1) is 20.3. The van der Waals surface area contributed by atoms with Gasteiger partial charge in [0.15, 0.2) is 0 Å². The van der Waals surface area contributed by atoms with Gasteiger partial charge in [-0.3, -0.25) is 0 Å². The number of rotatable bonds is 6. The number of aromatic nitrogens is 1. The summed E-state index contributed by atoms with van der Waals surface area (Å²) in [5, 5.41) is 15.0. The van der Waals surface area contributed by atoms with Crippen LogP contribution in [0.4, 0.5) is 16.3 Å². The third-order valence-electron chi connectivity index (χ3n) is 5.03. The van der Waals surface area contributed by atoms with Gasteiger partial charge in [0.25, 0.3) is 0 Å². The number of carbonyl (C=O) groups excluding carboxylic acids is 1. The van der Waals surface area contributed by atoms with E-state index in [1.807, 2.05) is 0 Å². The number of hydrogen-bond donors (Lipinski definition) is 2. The molecule has 8 heteroatoms. The third-order valence-corrected chi connectivity index (χ3v) is 5.03. The Hall–Kier alpha value is -3.47. The predicted octanol–water partition coefficient (Wildman–Crippen LogP) is 3.01. The average molecular weight is 395 g/mol. The minimum atomic E-state index is -0.271. The summed E-state index contributed by atoms with van der Waals surface area (Å²) in [5.74, 6) is 2.32. The topological polar surface area (TPSA) is 99.5 Å². The van der Waals surface area contributed by atoms with Gasteiger partial charge in [0.1, 0.15) is 23.4 Å². The van der Waals surface area contributed by atoms with E-state index < -0.39 is 0 Å². The number of amides is 2. The first-order valence-electron chi connectivity index (χ1n) is 9.51. The number of nitriles is 1. The van der Waals surface area contributed by atoms with Gasteiger partial charge < -0.3 is 25.0 Å². The number of carbonyl (C=O) groups is 1. The minimum absolute atomic E-state index is 0.271. The molecule has 0 atom stereocenters. The number of benzene rings is 1. The maximum Gasteiger partial charge on any atom is 0.319 e. The molecular weight excluding hydrogens is 370 g/mol. The molecule has 1 fully saturated rings. The van der Waals surface area contributed by atoms with Crippen LogP contribution >= 0.6 is 0 Å². The molecule has 1 saturated heterocycles. The molecule has 152 valence electrons. The van der Waals surface area contributed by atoms with Crippen molar-refractivity contribution in [3.05, 3.63) is 42.1 Å². The molecule has 3 rings (SSSR count). The van der Waals surface area contributed by atoms with Crippen LogP contribution in [0.15, 0.2) is 36.5 Å². The zero-order chi connectivity index (χ0) is 20.6. The minimum Gasteiger partial charge on any atom is -0.497 e. The molecule has 0 aliphatic carbocycles. The first-order chi connectivity index (χ1) is 14.1. The molecule has 2 N–H and O–H groups in total. The molecule has 1 aliphatic rings. The maximum atomic E-state index is 12.3. The molecule has 0 radical (unpaired) electrons. The van der Waals surface area contributed by atoms with Gasteiger partial charge in [-0.25, -0.2) is 9.78 Å². The SMILES string of the molecule is COc1ccc(NC(=O)NCC2CCN(c3ncccc3C#N)CC2)c(OC)c1. The first-order valence-corrected chi connectivity index (χ1v) is 9.51. The van der Waals surface area contributed by atoms with E-state index in [0.29, 0.717) is 35.2 Å². The fraction of sp³-hybridized carbons (Fsp3) is 0.381. The Morgan fingerprint density at radius 2 is 2.07 bits per heavy atom. The van der Waals surface area contributed by atoms with Gasteiger partial charge in [0.05, 0.1) is 25.5 Å². The highest BCUT2D eigenvalue weighted by molar-refractivity contribution is 5.91. The number of nitrogens with zero attached hydrogens (tertiary/aromatic N) is 3. The van der Waals surface area contributed by atoms with Gasteiger partial charge in [-0.1, -0.05) is 0 Å². The van der Waals surface area contributed by atoms with Gasteiger partial charge in [0.2, 0.25) is 0 Å². The summed E-state index contributed by atoms with van der Waals surface area (Å²) in [5.41, 5.74) is 1.18. The van der Waals surface area contributed by atoms with Crippen LogP contribution in [0, 0.1) is 17.2 Å². The summed E-state index contributed by atoms with van der Waals surface area (Å²) in [7, 11) is 3.12. The molecule has 0 unspecified atom stereocenters. The van der Waals surface area contributed by atoms with E-state index in [0.717, 1.165) is 31.7 Å². The summed E-state index contributed by atoms with van der Waals surface area (Å²) in [6.45, 7) is 2.21. The van der Waals surface area contributed by atoms with E-state index in [1.165, 1.54) is 0 Å². The zero-order valence-corrected chi connectivity index (χ0v) is 16.6. The lowest BCUT2D eigenvalue weighted by Crippen LogP contribution is -2.40. The normalized spacial score (nSPS) is 14.0. The Morgan fingerprint density at radius 3 is 2.76 bits per heavy atom. The summed E-state index contributed by atoms with van der Waals surface area (Å²) < 4.78 is 10.5. The van der Waals surface area contributed by atoms with Gasteiger partial charge in [-0.15, -0.1) is 0 Å². The molecule has 0 bridgehead atoms. The van der Waals surface area contributed by atoms with Crippen LogP contribution in [0.5, 0.6) is 11.5 Å². The van der Waals surface area contributed by atoms with Crippen molar-refractivity contribution in [3.8, 4) is 17.6 Å². The van der Waals surface area contributed by atoms with Gasteiger partial charge in [-0.05, 0) is 43.0 Å². The summed E-state index contributed by atoms with van der Waals surface area (Å²) >= 11 is 0. The van der Waals surface area contributed by atoms with Crippen LogP contribution in [0.3, 0.4) is 0 Å². The van der Waals surface area contributed by atoms with Crippen molar-refractivity contribution < 1.29 is 14.3 Å². The monoisotopic (exact) mass is 395 g/mol. The molecule has 0 spiro atoms. The quantitative estimate of drug-likeness (QED) is 0.780. The number of piperidine rings is 1. The Labute approximate surface area is 170 Å². The number of hydrogen-bond acceptors (Lipinski definition) is 6. The molecule has 2 aromatic rings. The molecule has 0 saturated carbocycles. The van der Waals surface area contributed by atoms with Gasteiger partial charge >= 0.3 is 6.03 Å². The summed E-state index contributed by atoms with van der Waals surface area (Å²) in [6, 6.07) is 10.7. The van der Waals surface area contributed by atoms with E-state index >= 15 is 0 Å². The molecule has 1 aliphatic heterocycles. The molecule has 29 heavy (non-hydrogen) atoms. The highest BCUT2D eigenvalue weighted by atomic mass is 16.5. The average Bonchev–Trinajstić information content (AvgIpc) is 2.78. The lowest BCUT2D eigenvalue weighted by atomic mass is 9.96. The molecule has 8 nitrogen and oxygen atoms in total. The van der Waals surface area contributed by atoms with Crippen LogP contribution in [0.1, 0.15) is 18.4 Å².